The van der Waals surface area contributed by atoms with Crippen molar-refractivity contribution in [1.82, 2.24) is 4.98 Å². The zero-order valence-electron chi connectivity index (χ0n) is 28.0. The van der Waals surface area contributed by atoms with Gasteiger partial charge in [0.05, 0.1) is 0 Å². The van der Waals surface area contributed by atoms with Crippen LogP contribution in [0.5, 0.6) is 5.75 Å². The number of aromatic nitrogens is 1. The van der Waals surface area contributed by atoms with Crippen molar-refractivity contribution in [3.8, 4) is 5.75 Å². The second kappa shape index (κ2) is 17.9. The summed E-state index contributed by atoms with van der Waals surface area (Å²) < 4.78 is 6.03. The summed E-state index contributed by atoms with van der Waals surface area (Å²) in [5, 5.41) is 11.4. The molecule has 1 aliphatic rings. The topological polar surface area (TPSA) is 75.3 Å². The summed E-state index contributed by atoms with van der Waals surface area (Å²) in [5.74, 6) is 0.686. The average molecular weight is 787 g/mol. The van der Waals surface area contributed by atoms with Gasteiger partial charge in [-0.3, -0.25) is 4.98 Å². The van der Waals surface area contributed by atoms with Gasteiger partial charge in [0.25, 0.3) is 0 Å². The number of benzene rings is 3. The Hall–Kier alpha value is -3.03. The summed E-state index contributed by atoms with van der Waals surface area (Å²) in [6.07, 6.45) is 3.42. The molecule has 254 valence electrons. The Bertz CT molecular complexity index is 1600. The third kappa shape index (κ3) is 11.6. The van der Waals surface area contributed by atoms with Crippen LogP contribution in [0.4, 0.5) is 17.1 Å². The number of rotatable bonds is 6. The van der Waals surface area contributed by atoms with Crippen molar-refractivity contribution in [3.63, 3.8) is 0 Å². The number of aromatic hydroxyl groups is 1. The number of nitro groups is 1. The van der Waals surface area contributed by atoms with Crippen molar-refractivity contribution >= 4 is 52.7 Å². The average Bonchev–Trinajstić information content (AvgIpc) is 3.42. The second-order valence-electron chi connectivity index (χ2n) is 11.7. The monoisotopic (exact) mass is 786 g/mol. The van der Waals surface area contributed by atoms with Gasteiger partial charge in [-0.1, -0.05) is 47.0 Å². The smallest absolute Gasteiger partial charge is 0.0436 e. The number of nitrogens with zero attached hydrogens (tertiary/aromatic N) is 4. The van der Waals surface area contributed by atoms with E-state index in [0.29, 0.717) is 11.3 Å². The van der Waals surface area contributed by atoms with E-state index in [-0.39, 0.29) is 11.8 Å². The molecule has 1 saturated heterocycles. The van der Waals surface area contributed by atoms with E-state index >= 15 is 0 Å². The van der Waals surface area contributed by atoms with Gasteiger partial charge in [0.1, 0.15) is 0 Å². The molecule has 0 amide bonds. The molecule has 7 nitrogen and oxygen atoms in total. The van der Waals surface area contributed by atoms with Gasteiger partial charge < -0.3 is 9.80 Å². The minimum atomic E-state index is -2.03. The van der Waals surface area contributed by atoms with Crippen molar-refractivity contribution in [2.45, 2.75) is 61.5 Å². The maximum absolute atomic E-state index is 10.7. The SMILES string of the molecule is CC(C)[OH+]c1ccc([N+](=O)[O-])cc1[CH]=[Ru]([Cl])[Cl].Cc1cc(C)c(N2[CH-]N(c3c(C)cc(C)cc3C)CC2)c(C)c1.Clc1ccncc1. The molecule has 3 aromatic carbocycles. The Morgan fingerprint density at radius 2 is 1.32 bits per heavy atom. The van der Waals surface area contributed by atoms with Crippen LogP contribution in [0.25, 0.3) is 0 Å². The maximum Gasteiger partial charge on any atom is 0.0436 e. The van der Waals surface area contributed by atoms with Gasteiger partial charge >= 0.3 is 112 Å². The molecule has 2 heterocycles. The van der Waals surface area contributed by atoms with E-state index in [1.54, 1.807) is 35.2 Å². The summed E-state index contributed by atoms with van der Waals surface area (Å²) in [7, 11) is 11.6. The van der Waals surface area contributed by atoms with E-state index in [4.69, 9.17) is 31.0 Å². The number of nitro benzene ring substituents is 1. The van der Waals surface area contributed by atoms with Crippen LogP contribution in [0.1, 0.15) is 52.8 Å². The summed E-state index contributed by atoms with van der Waals surface area (Å²) in [5.41, 5.74) is 11.5. The number of pyridine rings is 1. The molecule has 0 spiro atoms. The van der Waals surface area contributed by atoms with Crippen molar-refractivity contribution in [2.24, 2.45) is 0 Å². The maximum atomic E-state index is 10.7. The van der Waals surface area contributed by atoms with Crippen LogP contribution in [-0.2, 0) is 13.5 Å². The summed E-state index contributed by atoms with van der Waals surface area (Å²) in [4.78, 5) is 18.8. The first-order valence-electron chi connectivity index (χ1n) is 15.1. The van der Waals surface area contributed by atoms with Gasteiger partial charge in [-0.2, -0.15) is 6.67 Å². The molecule has 0 aliphatic carbocycles. The largest absolute Gasteiger partial charge is 0.502 e. The van der Waals surface area contributed by atoms with Crippen molar-refractivity contribution < 1.29 is 23.2 Å². The number of aliphatic hydroxyl groups is 1. The van der Waals surface area contributed by atoms with Gasteiger partial charge in [0.15, 0.2) is 0 Å². The molecule has 4 aromatic rings. The molecule has 47 heavy (non-hydrogen) atoms. The van der Waals surface area contributed by atoms with Crippen molar-refractivity contribution in [2.75, 3.05) is 22.9 Å². The Balaban J connectivity index is 0.000000218. The number of ether oxygens (including phenoxy) is 1. The fourth-order valence-electron chi connectivity index (χ4n) is 5.64. The van der Waals surface area contributed by atoms with E-state index in [1.165, 1.54) is 56.9 Å². The molecule has 0 saturated carbocycles. The predicted molar refractivity (Wildman–Crippen MR) is 196 cm³/mol. The number of halogens is 3. The molecular weight excluding hydrogens is 744 g/mol. The Morgan fingerprint density at radius 3 is 1.68 bits per heavy atom. The molecule has 1 aromatic heterocycles. The molecule has 1 aliphatic heterocycles. The van der Waals surface area contributed by atoms with E-state index in [1.807, 2.05) is 13.8 Å². The van der Waals surface area contributed by atoms with E-state index in [2.05, 4.69) is 92.0 Å². The van der Waals surface area contributed by atoms with E-state index < -0.39 is 18.4 Å². The van der Waals surface area contributed by atoms with Crippen LogP contribution in [0.15, 0.2) is 67.0 Å². The first-order valence-corrected chi connectivity index (χ1v) is 20.9. The van der Waals surface area contributed by atoms with Crippen LogP contribution in [0.2, 0.25) is 5.02 Å². The number of hydrogen-bond donors (Lipinski definition) is 0. The second-order valence-corrected chi connectivity index (χ2v) is 17.9. The summed E-state index contributed by atoms with van der Waals surface area (Å²) >= 11 is 3.47. The standard InChI is InChI=1S/C21H27N2.C10H11NO3.C5H4ClN.2ClH.Ru/c1-14-9-16(3)20(17(4)10-14)22-7-8-23(13-22)21-18(5)11-15(2)12-19(21)6;1-7(2)14-10-5-4-9(11(12)13)6-8(10)3;6-5-1-3-7-4-2-5;;;/h9-13H,7-8H2,1-6H3;3-7H,1-2H3;1-4H;2*1H;/q-1;;;;;+2/p-1. The Labute approximate surface area is 297 Å². The number of hydrogen-bond acceptors (Lipinski definition) is 5. The van der Waals surface area contributed by atoms with Crippen LogP contribution in [0, 0.1) is 58.3 Å². The molecule has 0 bridgehead atoms. The fraction of sp³-hybridized carbons (Fsp3) is 0.306. The van der Waals surface area contributed by atoms with Gasteiger partial charge in [0, 0.05) is 41.9 Å². The Kier molecular flexibility index (Phi) is 14.7. The molecule has 5 rings (SSSR count). The molecule has 1 fully saturated rings. The van der Waals surface area contributed by atoms with Crippen LogP contribution < -0.4 is 9.80 Å². The zero-order valence-corrected chi connectivity index (χ0v) is 32.0. The normalized spacial score (nSPS) is 12.6. The fourth-order valence-corrected chi connectivity index (χ4v) is 7.55. The first kappa shape index (κ1) is 38.4. The molecule has 1 N–H and O–H groups in total. The molecule has 11 heteroatoms. The van der Waals surface area contributed by atoms with Crippen LogP contribution in [0.3, 0.4) is 0 Å². The minimum absolute atomic E-state index is 0.0164. The third-order valence-corrected chi connectivity index (χ3v) is 9.24. The molecule has 0 radical (unpaired) electrons. The first-order chi connectivity index (χ1) is 22.2. The summed E-state index contributed by atoms with van der Waals surface area (Å²) in [6, 6.07) is 17.1. The molecule has 0 atom stereocenters. The number of aryl methyl sites for hydroxylation is 6. The minimum Gasteiger partial charge on any atom is -0.502 e. The van der Waals surface area contributed by atoms with Crippen molar-refractivity contribution in [1.29, 1.82) is 0 Å². The number of anilines is 2. The van der Waals surface area contributed by atoms with Gasteiger partial charge in [-0.25, -0.2) is 0 Å². The number of non-ortho nitro benzene ring substituents is 1. The predicted octanol–water partition coefficient (Wildman–Crippen LogP) is 10.0. The van der Waals surface area contributed by atoms with Crippen LogP contribution >= 0.6 is 31.0 Å². The van der Waals surface area contributed by atoms with E-state index in [0.717, 1.165) is 18.1 Å². The quantitative estimate of drug-likeness (QED) is 0.0640. The van der Waals surface area contributed by atoms with Gasteiger partial charge in [-0.15, -0.1) is 0 Å². The van der Waals surface area contributed by atoms with E-state index in [9.17, 15) is 10.1 Å². The van der Waals surface area contributed by atoms with Crippen LogP contribution in [-0.4, -0.2) is 38.4 Å². The van der Waals surface area contributed by atoms with Gasteiger partial charge in [0.2, 0.25) is 0 Å². The molecule has 0 unspecified atom stereocenters. The zero-order chi connectivity index (χ0) is 34.8. The summed E-state index contributed by atoms with van der Waals surface area (Å²) in [6.45, 7) is 21.4. The third-order valence-electron chi connectivity index (χ3n) is 7.15. The molecular formula is C36H43Cl3N4O3Ru. The Morgan fingerprint density at radius 1 is 0.851 bits per heavy atom. The van der Waals surface area contributed by atoms with Gasteiger partial charge in [-0.05, 0) is 75.9 Å². The van der Waals surface area contributed by atoms with Crippen molar-refractivity contribution in [3.05, 3.63) is 128 Å².